The van der Waals surface area contributed by atoms with Crippen molar-refractivity contribution in [3.8, 4) is 0 Å². The number of esters is 1. The van der Waals surface area contributed by atoms with Gasteiger partial charge in [-0.2, -0.15) is 0 Å². The van der Waals surface area contributed by atoms with Crippen LogP contribution in [0.4, 0.5) is 0 Å². The Kier molecular flexibility index (Phi) is 9.53. The minimum Gasteiger partial charge on any atom is -0.464 e. The van der Waals surface area contributed by atoms with Crippen LogP contribution in [0.5, 0.6) is 0 Å². The molecule has 1 amide bonds. The number of nitrogens with zero attached hydrogens (tertiary/aromatic N) is 1. The van der Waals surface area contributed by atoms with Gasteiger partial charge in [-0.25, -0.2) is 0 Å². The number of aliphatic imine (C=N–C) groups is 1. The maximum absolute atomic E-state index is 12.3. The zero-order chi connectivity index (χ0) is 20.4. The summed E-state index contributed by atoms with van der Waals surface area (Å²) in [5.74, 6) is -0.746. The van der Waals surface area contributed by atoms with Gasteiger partial charge in [-0.15, -0.1) is 0 Å². The number of nitrogens with one attached hydrogen (secondary N) is 2. The van der Waals surface area contributed by atoms with E-state index < -0.39 is 0 Å². The molecule has 1 fully saturated rings. The molecule has 2 rings (SSSR count). The minimum atomic E-state index is -0.374. The van der Waals surface area contributed by atoms with E-state index in [4.69, 9.17) is 22.1 Å². The van der Waals surface area contributed by atoms with Crippen LogP contribution in [0.2, 0.25) is 5.02 Å². The molecule has 0 saturated carbocycles. The van der Waals surface area contributed by atoms with Crippen LogP contribution >= 0.6 is 11.6 Å². The number of carbonyl (C=O) groups is 2. The highest BCUT2D eigenvalue weighted by atomic mass is 35.5. The van der Waals surface area contributed by atoms with Gasteiger partial charge in [0.1, 0.15) is 12.3 Å². The Labute approximate surface area is 165 Å². The first kappa shape index (κ1) is 22.7. The number of halogens is 1. The standard InChI is InChI=1S/C17H21ClN4O3.C2H6/c1-10(23)25-9-14-16(20-2)13(8-21-14)15(19)17(24)22-7-11-3-5-12(18)6-4-11;1-2/h3-6,14,21H,7-9,19H2,1-2H3,(H,22,24);1-2H3/b15-13-,20-16?;. The van der Waals surface area contributed by atoms with Gasteiger partial charge in [0, 0.05) is 37.7 Å². The van der Waals surface area contributed by atoms with E-state index >= 15 is 0 Å². The number of amides is 1. The van der Waals surface area contributed by atoms with Gasteiger partial charge in [-0.05, 0) is 17.7 Å². The monoisotopic (exact) mass is 394 g/mol. The second kappa shape index (κ2) is 11.4. The van der Waals surface area contributed by atoms with E-state index in [1.54, 1.807) is 19.2 Å². The van der Waals surface area contributed by atoms with Crippen LogP contribution in [0.3, 0.4) is 0 Å². The smallest absolute Gasteiger partial charge is 0.302 e. The van der Waals surface area contributed by atoms with Crippen molar-refractivity contribution in [2.24, 2.45) is 10.7 Å². The van der Waals surface area contributed by atoms with Crippen LogP contribution in [0, 0.1) is 0 Å². The number of ether oxygens (including phenoxy) is 1. The van der Waals surface area contributed by atoms with Crippen molar-refractivity contribution in [1.29, 1.82) is 0 Å². The summed E-state index contributed by atoms with van der Waals surface area (Å²) >= 11 is 5.84. The highest BCUT2D eigenvalue weighted by molar-refractivity contribution is 6.30. The summed E-state index contributed by atoms with van der Waals surface area (Å²) in [6.45, 7) is 6.21. The number of carbonyl (C=O) groups excluding carboxylic acids is 2. The third kappa shape index (κ3) is 6.69. The molecule has 1 atom stereocenters. The molecule has 27 heavy (non-hydrogen) atoms. The lowest BCUT2D eigenvalue weighted by Gasteiger charge is -2.12. The van der Waals surface area contributed by atoms with Crippen molar-refractivity contribution in [3.63, 3.8) is 0 Å². The average molecular weight is 395 g/mol. The van der Waals surface area contributed by atoms with Gasteiger partial charge >= 0.3 is 5.97 Å². The summed E-state index contributed by atoms with van der Waals surface area (Å²) in [4.78, 5) is 27.5. The van der Waals surface area contributed by atoms with E-state index in [0.717, 1.165) is 5.56 Å². The van der Waals surface area contributed by atoms with Crippen LogP contribution < -0.4 is 16.4 Å². The Balaban J connectivity index is 0.00000176. The number of hydrogen-bond acceptors (Lipinski definition) is 6. The molecule has 148 valence electrons. The second-order valence-corrected chi connectivity index (χ2v) is 5.98. The van der Waals surface area contributed by atoms with Crippen LogP contribution in [0.15, 0.2) is 40.5 Å². The van der Waals surface area contributed by atoms with Crippen molar-refractivity contribution < 1.29 is 14.3 Å². The second-order valence-electron chi connectivity index (χ2n) is 5.55. The number of benzene rings is 1. The molecule has 0 radical (unpaired) electrons. The zero-order valence-corrected chi connectivity index (χ0v) is 16.9. The fourth-order valence-electron chi connectivity index (χ4n) is 2.50. The Bertz CT molecular complexity index is 714. The first-order chi connectivity index (χ1) is 12.9. The predicted octanol–water partition coefficient (Wildman–Crippen LogP) is 1.80. The molecular weight excluding hydrogens is 368 g/mol. The molecule has 4 N–H and O–H groups in total. The molecular formula is C19H27ClN4O3. The highest BCUT2D eigenvalue weighted by Gasteiger charge is 2.30. The highest BCUT2D eigenvalue weighted by Crippen LogP contribution is 2.14. The molecule has 1 aromatic rings. The first-order valence-electron chi connectivity index (χ1n) is 8.77. The molecule has 0 aromatic heterocycles. The Morgan fingerprint density at radius 3 is 2.52 bits per heavy atom. The SMILES string of the molecule is CC.CN=C1/C(=C(\N)C(=O)NCc2ccc(Cl)cc2)CNC1COC(C)=O. The van der Waals surface area contributed by atoms with Gasteiger partial charge in [0.2, 0.25) is 0 Å². The molecule has 1 aliphatic heterocycles. The Morgan fingerprint density at radius 2 is 1.96 bits per heavy atom. The molecule has 0 spiro atoms. The van der Waals surface area contributed by atoms with E-state index in [0.29, 0.717) is 29.4 Å². The fourth-order valence-corrected chi connectivity index (χ4v) is 2.63. The van der Waals surface area contributed by atoms with Crippen LogP contribution in [0.1, 0.15) is 26.3 Å². The molecule has 8 heteroatoms. The summed E-state index contributed by atoms with van der Waals surface area (Å²) in [5.41, 5.74) is 8.28. The van der Waals surface area contributed by atoms with E-state index in [1.807, 2.05) is 26.0 Å². The Morgan fingerprint density at radius 1 is 1.33 bits per heavy atom. The van der Waals surface area contributed by atoms with Gasteiger partial charge in [-0.3, -0.25) is 14.6 Å². The lowest BCUT2D eigenvalue weighted by atomic mass is 10.1. The fraction of sp³-hybridized carbons (Fsp3) is 0.421. The average Bonchev–Trinajstić information content (AvgIpc) is 3.09. The summed E-state index contributed by atoms with van der Waals surface area (Å²) in [7, 11) is 1.61. The molecule has 0 aliphatic carbocycles. The third-order valence-electron chi connectivity index (χ3n) is 3.79. The maximum Gasteiger partial charge on any atom is 0.302 e. The van der Waals surface area contributed by atoms with Crippen molar-refractivity contribution in [2.75, 3.05) is 20.2 Å². The number of hydrogen-bond donors (Lipinski definition) is 3. The van der Waals surface area contributed by atoms with Crippen molar-refractivity contribution in [3.05, 3.63) is 46.1 Å². The zero-order valence-electron chi connectivity index (χ0n) is 16.1. The van der Waals surface area contributed by atoms with E-state index in [9.17, 15) is 9.59 Å². The normalized spacial score (nSPS) is 19.1. The lowest BCUT2D eigenvalue weighted by molar-refractivity contribution is -0.141. The quantitative estimate of drug-likeness (QED) is 0.521. The van der Waals surface area contributed by atoms with Crippen molar-refractivity contribution >= 4 is 29.2 Å². The molecule has 1 heterocycles. The van der Waals surface area contributed by atoms with E-state index in [-0.39, 0.29) is 30.2 Å². The molecule has 1 saturated heterocycles. The van der Waals surface area contributed by atoms with Crippen molar-refractivity contribution in [2.45, 2.75) is 33.4 Å². The number of nitrogens with two attached hydrogens (primary N) is 1. The molecule has 1 aromatic carbocycles. The Hall–Kier alpha value is -2.38. The third-order valence-corrected chi connectivity index (χ3v) is 4.05. The van der Waals surface area contributed by atoms with Crippen LogP contribution in [0.25, 0.3) is 0 Å². The van der Waals surface area contributed by atoms with E-state index in [2.05, 4.69) is 15.6 Å². The van der Waals surface area contributed by atoms with Gasteiger partial charge in [0.05, 0.1) is 11.8 Å². The maximum atomic E-state index is 12.3. The summed E-state index contributed by atoms with van der Waals surface area (Å²) in [6.07, 6.45) is 0. The number of rotatable bonds is 5. The van der Waals surface area contributed by atoms with Crippen molar-refractivity contribution in [1.82, 2.24) is 10.6 Å². The van der Waals surface area contributed by atoms with Crippen LogP contribution in [-0.2, 0) is 20.9 Å². The largest absolute Gasteiger partial charge is 0.464 e. The van der Waals surface area contributed by atoms with Crippen LogP contribution in [-0.4, -0.2) is 43.8 Å². The van der Waals surface area contributed by atoms with Gasteiger partial charge in [0.25, 0.3) is 5.91 Å². The molecule has 0 bridgehead atoms. The summed E-state index contributed by atoms with van der Waals surface area (Å²) in [6, 6.07) is 6.90. The van der Waals surface area contributed by atoms with Gasteiger partial charge < -0.3 is 21.1 Å². The lowest BCUT2D eigenvalue weighted by Crippen LogP contribution is -2.34. The van der Waals surface area contributed by atoms with Gasteiger partial charge in [-0.1, -0.05) is 37.6 Å². The topological polar surface area (TPSA) is 106 Å². The first-order valence-corrected chi connectivity index (χ1v) is 9.15. The van der Waals surface area contributed by atoms with E-state index in [1.165, 1.54) is 6.92 Å². The predicted molar refractivity (Wildman–Crippen MR) is 108 cm³/mol. The molecule has 1 unspecified atom stereocenters. The minimum absolute atomic E-state index is 0.104. The molecule has 1 aliphatic rings. The molecule has 7 nitrogen and oxygen atoms in total. The summed E-state index contributed by atoms with van der Waals surface area (Å²) < 4.78 is 5.00. The summed E-state index contributed by atoms with van der Waals surface area (Å²) in [5, 5.41) is 6.55. The van der Waals surface area contributed by atoms with Gasteiger partial charge in [0.15, 0.2) is 0 Å².